The first-order valence-corrected chi connectivity index (χ1v) is 7.97. The molecule has 0 aromatic heterocycles. The molecule has 0 amide bonds. The minimum Gasteiger partial charge on any atom is -0.382 e. The Morgan fingerprint density at radius 1 is 1.19 bits per heavy atom. The molecule has 0 spiro atoms. The van der Waals surface area contributed by atoms with Crippen molar-refractivity contribution < 1.29 is 4.39 Å². The van der Waals surface area contributed by atoms with Crippen LogP contribution in [0.5, 0.6) is 0 Å². The largest absolute Gasteiger partial charge is 0.382 e. The number of rotatable bonds is 3. The van der Waals surface area contributed by atoms with Crippen molar-refractivity contribution in [3.63, 3.8) is 0 Å². The lowest BCUT2D eigenvalue weighted by Crippen LogP contribution is -2.43. The quantitative estimate of drug-likeness (QED) is 0.895. The molecule has 3 atom stereocenters. The molecule has 1 saturated carbocycles. The highest BCUT2D eigenvalue weighted by atomic mass is 19.1. The van der Waals surface area contributed by atoms with E-state index in [1.54, 1.807) is 12.1 Å². The van der Waals surface area contributed by atoms with Crippen molar-refractivity contribution in [3.8, 4) is 6.07 Å². The molecular weight excluding hydrogens is 265 g/mol. The predicted octanol–water partition coefficient (Wildman–Crippen LogP) is 3.42. The van der Waals surface area contributed by atoms with Crippen molar-refractivity contribution in [2.45, 2.75) is 50.6 Å². The zero-order chi connectivity index (χ0) is 14.7. The first-order valence-electron chi connectivity index (χ1n) is 7.97. The van der Waals surface area contributed by atoms with Crippen LogP contribution in [-0.2, 0) is 0 Å². The van der Waals surface area contributed by atoms with Crippen molar-refractivity contribution in [1.29, 1.82) is 5.26 Å². The average molecular weight is 287 g/mol. The summed E-state index contributed by atoms with van der Waals surface area (Å²) in [4.78, 5) is 0. The number of nitrogens with zero attached hydrogens (tertiary/aromatic N) is 1. The lowest BCUT2D eigenvalue weighted by atomic mass is 9.79. The van der Waals surface area contributed by atoms with Gasteiger partial charge in [-0.25, -0.2) is 4.39 Å². The maximum absolute atomic E-state index is 13.4. The summed E-state index contributed by atoms with van der Waals surface area (Å²) in [6, 6.07) is 7.69. The topological polar surface area (TPSA) is 47.9 Å². The van der Waals surface area contributed by atoms with Gasteiger partial charge in [0.2, 0.25) is 0 Å². The van der Waals surface area contributed by atoms with Crippen LogP contribution in [0.15, 0.2) is 18.2 Å². The standard InChI is InChI=1S/C17H22FN3/c18-15-8-7-13(10-12(15)11-19)21-17-5-2-1-4-14(17)16-6-3-9-20-16/h7-8,10,14,16-17,20-21H,1-6,9H2. The van der Waals surface area contributed by atoms with Gasteiger partial charge in [0.1, 0.15) is 11.9 Å². The molecule has 3 nitrogen and oxygen atoms in total. The van der Waals surface area contributed by atoms with Crippen LogP contribution in [0.4, 0.5) is 10.1 Å². The summed E-state index contributed by atoms with van der Waals surface area (Å²) >= 11 is 0. The molecule has 2 aliphatic rings. The van der Waals surface area contributed by atoms with E-state index in [1.807, 2.05) is 6.07 Å². The fourth-order valence-corrected chi connectivity index (χ4v) is 3.81. The second kappa shape index (κ2) is 6.44. The van der Waals surface area contributed by atoms with Crippen LogP contribution in [0, 0.1) is 23.1 Å². The van der Waals surface area contributed by atoms with Gasteiger partial charge in [-0.3, -0.25) is 0 Å². The van der Waals surface area contributed by atoms with E-state index < -0.39 is 5.82 Å². The van der Waals surface area contributed by atoms with Gasteiger partial charge in [0, 0.05) is 17.8 Å². The summed E-state index contributed by atoms with van der Waals surface area (Å²) in [5.41, 5.74) is 0.981. The van der Waals surface area contributed by atoms with E-state index in [1.165, 1.54) is 38.2 Å². The Kier molecular flexibility index (Phi) is 4.40. The molecule has 1 aromatic rings. The molecular formula is C17H22FN3. The lowest BCUT2D eigenvalue weighted by Gasteiger charge is -2.36. The summed E-state index contributed by atoms with van der Waals surface area (Å²) in [7, 11) is 0. The van der Waals surface area contributed by atoms with Crippen molar-refractivity contribution in [2.75, 3.05) is 11.9 Å². The average Bonchev–Trinajstić information content (AvgIpc) is 3.04. The Balaban J connectivity index is 1.73. The fraction of sp³-hybridized carbons (Fsp3) is 0.588. The van der Waals surface area contributed by atoms with Crippen LogP contribution < -0.4 is 10.6 Å². The molecule has 4 heteroatoms. The minimum atomic E-state index is -0.444. The second-order valence-corrected chi connectivity index (χ2v) is 6.21. The molecule has 112 valence electrons. The molecule has 0 bridgehead atoms. The third kappa shape index (κ3) is 3.19. The highest BCUT2D eigenvalue weighted by Gasteiger charge is 2.33. The van der Waals surface area contributed by atoms with Crippen molar-refractivity contribution >= 4 is 5.69 Å². The van der Waals surface area contributed by atoms with Gasteiger partial charge in [0.25, 0.3) is 0 Å². The van der Waals surface area contributed by atoms with Crippen LogP contribution in [0.25, 0.3) is 0 Å². The van der Waals surface area contributed by atoms with E-state index >= 15 is 0 Å². The van der Waals surface area contributed by atoms with Crippen LogP contribution in [-0.4, -0.2) is 18.6 Å². The molecule has 1 aromatic carbocycles. The number of hydrogen-bond donors (Lipinski definition) is 2. The molecule has 1 heterocycles. The first-order chi connectivity index (χ1) is 10.3. The van der Waals surface area contributed by atoms with Gasteiger partial charge in [0.15, 0.2) is 0 Å². The summed E-state index contributed by atoms with van der Waals surface area (Å²) < 4.78 is 13.4. The summed E-state index contributed by atoms with van der Waals surface area (Å²) in [6.07, 6.45) is 7.48. The highest BCUT2D eigenvalue weighted by molar-refractivity contribution is 5.50. The van der Waals surface area contributed by atoms with Gasteiger partial charge in [-0.2, -0.15) is 5.26 Å². The van der Waals surface area contributed by atoms with E-state index in [0.717, 1.165) is 18.7 Å². The summed E-state index contributed by atoms with van der Waals surface area (Å²) in [5, 5.41) is 16.1. The van der Waals surface area contributed by atoms with E-state index in [-0.39, 0.29) is 5.56 Å². The SMILES string of the molecule is N#Cc1cc(NC2CCCCC2C2CCCN2)ccc1F. The highest BCUT2D eigenvalue weighted by Crippen LogP contribution is 2.32. The smallest absolute Gasteiger partial charge is 0.141 e. The zero-order valence-electron chi connectivity index (χ0n) is 12.2. The Morgan fingerprint density at radius 3 is 2.81 bits per heavy atom. The second-order valence-electron chi connectivity index (χ2n) is 6.21. The maximum Gasteiger partial charge on any atom is 0.141 e. The van der Waals surface area contributed by atoms with Gasteiger partial charge in [0.05, 0.1) is 5.56 Å². The molecule has 3 unspecified atom stereocenters. The third-order valence-electron chi connectivity index (χ3n) is 4.87. The molecule has 2 fully saturated rings. The number of anilines is 1. The first kappa shape index (κ1) is 14.3. The summed E-state index contributed by atoms with van der Waals surface area (Å²) in [5.74, 6) is 0.192. The molecule has 1 saturated heterocycles. The van der Waals surface area contributed by atoms with Crippen molar-refractivity contribution in [1.82, 2.24) is 5.32 Å². The number of halogens is 1. The van der Waals surface area contributed by atoms with Crippen LogP contribution in [0.1, 0.15) is 44.1 Å². The molecule has 0 radical (unpaired) electrons. The number of nitrogens with one attached hydrogen (secondary N) is 2. The van der Waals surface area contributed by atoms with Gasteiger partial charge in [-0.05, 0) is 56.3 Å². The molecule has 1 aliphatic heterocycles. The van der Waals surface area contributed by atoms with Crippen LogP contribution in [0.2, 0.25) is 0 Å². The third-order valence-corrected chi connectivity index (χ3v) is 4.87. The number of nitriles is 1. The van der Waals surface area contributed by atoms with Crippen LogP contribution >= 0.6 is 0 Å². The van der Waals surface area contributed by atoms with Gasteiger partial charge >= 0.3 is 0 Å². The zero-order valence-corrected chi connectivity index (χ0v) is 12.2. The van der Waals surface area contributed by atoms with Gasteiger partial charge < -0.3 is 10.6 Å². The number of hydrogen-bond acceptors (Lipinski definition) is 3. The van der Waals surface area contributed by atoms with E-state index in [4.69, 9.17) is 5.26 Å². The molecule has 21 heavy (non-hydrogen) atoms. The molecule has 1 aliphatic carbocycles. The normalized spacial score (nSPS) is 29.0. The predicted molar refractivity (Wildman–Crippen MR) is 81.5 cm³/mol. The lowest BCUT2D eigenvalue weighted by molar-refractivity contribution is 0.263. The minimum absolute atomic E-state index is 0.117. The van der Waals surface area contributed by atoms with E-state index in [0.29, 0.717) is 18.0 Å². The maximum atomic E-state index is 13.4. The molecule has 2 N–H and O–H groups in total. The van der Waals surface area contributed by atoms with Crippen LogP contribution in [0.3, 0.4) is 0 Å². The van der Waals surface area contributed by atoms with E-state index in [2.05, 4.69) is 10.6 Å². The van der Waals surface area contributed by atoms with Gasteiger partial charge in [-0.15, -0.1) is 0 Å². The van der Waals surface area contributed by atoms with E-state index in [9.17, 15) is 4.39 Å². The Hall–Kier alpha value is -1.60. The summed E-state index contributed by atoms with van der Waals surface area (Å²) in [6.45, 7) is 1.13. The Labute approximate surface area is 125 Å². The monoisotopic (exact) mass is 287 g/mol. The van der Waals surface area contributed by atoms with Gasteiger partial charge in [-0.1, -0.05) is 12.8 Å². The molecule has 3 rings (SSSR count). The Morgan fingerprint density at radius 2 is 2.05 bits per heavy atom. The fourth-order valence-electron chi connectivity index (χ4n) is 3.81. The van der Waals surface area contributed by atoms with Crippen molar-refractivity contribution in [3.05, 3.63) is 29.6 Å². The van der Waals surface area contributed by atoms with Crippen molar-refractivity contribution in [2.24, 2.45) is 5.92 Å². The Bertz CT molecular complexity index is 531. The number of benzene rings is 1.